The van der Waals surface area contributed by atoms with E-state index in [0.29, 0.717) is 24.6 Å². The Morgan fingerprint density at radius 2 is 1.64 bits per heavy atom. The molecule has 0 bridgehead atoms. The van der Waals surface area contributed by atoms with Gasteiger partial charge in [0.15, 0.2) is 11.4 Å². The molecule has 36 heavy (non-hydrogen) atoms. The van der Waals surface area contributed by atoms with E-state index in [2.05, 4.69) is 46.7 Å². The SMILES string of the molecule is CCNC(=O)c1ccc(-c2c(C)nc3c(OCc4ccc(-c5ccccc5)cc4)cccn23)cn1.Cl. The standard InChI is InChI=1S/C29H26N4O2.ClH/c1-3-30-29(34)25-16-15-24(18-31-25)27-20(2)32-28-26(10-7-17-33(27)28)35-19-21-11-13-23(14-12-21)22-8-5-4-6-9-22;/h4-18H,3,19H2,1-2H3,(H,30,34);1H. The summed E-state index contributed by atoms with van der Waals surface area (Å²) < 4.78 is 8.19. The van der Waals surface area contributed by atoms with E-state index in [9.17, 15) is 4.79 Å². The lowest BCUT2D eigenvalue weighted by molar-refractivity contribution is 0.0951. The number of amides is 1. The number of nitrogens with zero attached hydrogens (tertiary/aromatic N) is 3. The summed E-state index contributed by atoms with van der Waals surface area (Å²) in [6, 6.07) is 26.2. The van der Waals surface area contributed by atoms with Gasteiger partial charge in [0.1, 0.15) is 12.3 Å². The van der Waals surface area contributed by atoms with E-state index >= 15 is 0 Å². The van der Waals surface area contributed by atoms with Gasteiger partial charge in [-0.15, -0.1) is 12.4 Å². The van der Waals surface area contributed by atoms with Crippen LogP contribution in [0.5, 0.6) is 5.75 Å². The Bertz CT molecular complexity index is 1460. The highest BCUT2D eigenvalue weighted by Crippen LogP contribution is 2.29. The van der Waals surface area contributed by atoms with Crippen LogP contribution < -0.4 is 10.1 Å². The zero-order chi connectivity index (χ0) is 24.2. The normalized spacial score (nSPS) is 10.6. The zero-order valence-corrected chi connectivity index (χ0v) is 21.0. The zero-order valence-electron chi connectivity index (χ0n) is 20.1. The maximum absolute atomic E-state index is 12.0. The number of carbonyl (C=O) groups excluding carboxylic acids is 1. The number of hydrogen-bond acceptors (Lipinski definition) is 4. The van der Waals surface area contributed by atoms with Gasteiger partial charge in [0.2, 0.25) is 0 Å². The van der Waals surface area contributed by atoms with Crippen molar-refractivity contribution >= 4 is 24.0 Å². The molecule has 0 unspecified atom stereocenters. The summed E-state index contributed by atoms with van der Waals surface area (Å²) in [4.78, 5) is 21.2. The van der Waals surface area contributed by atoms with E-state index in [1.54, 1.807) is 12.3 Å². The highest BCUT2D eigenvalue weighted by molar-refractivity contribution is 5.92. The van der Waals surface area contributed by atoms with Crippen LogP contribution in [0, 0.1) is 6.92 Å². The van der Waals surface area contributed by atoms with Crippen LogP contribution in [0.2, 0.25) is 0 Å². The minimum Gasteiger partial charge on any atom is -0.485 e. The first-order chi connectivity index (χ1) is 17.1. The van der Waals surface area contributed by atoms with Gasteiger partial charge in [0, 0.05) is 24.5 Å². The van der Waals surface area contributed by atoms with E-state index in [1.165, 1.54) is 11.1 Å². The summed E-state index contributed by atoms with van der Waals surface area (Å²) >= 11 is 0. The van der Waals surface area contributed by atoms with Crippen molar-refractivity contribution in [3.05, 3.63) is 108 Å². The summed E-state index contributed by atoms with van der Waals surface area (Å²) in [6.45, 7) is 4.85. The maximum atomic E-state index is 12.0. The first-order valence-corrected chi connectivity index (χ1v) is 11.6. The maximum Gasteiger partial charge on any atom is 0.269 e. The molecule has 0 radical (unpaired) electrons. The van der Waals surface area contributed by atoms with Gasteiger partial charge in [-0.1, -0.05) is 54.6 Å². The fourth-order valence-corrected chi connectivity index (χ4v) is 4.12. The number of rotatable bonds is 7. The van der Waals surface area contributed by atoms with Crippen LogP contribution in [-0.2, 0) is 6.61 Å². The van der Waals surface area contributed by atoms with Crippen LogP contribution in [0.1, 0.15) is 28.7 Å². The topological polar surface area (TPSA) is 68.5 Å². The summed E-state index contributed by atoms with van der Waals surface area (Å²) in [5, 5.41) is 2.77. The molecule has 0 saturated carbocycles. The molecule has 1 amide bonds. The summed E-state index contributed by atoms with van der Waals surface area (Å²) in [6.07, 6.45) is 3.67. The van der Waals surface area contributed by atoms with E-state index in [4.69, 9.17) is 9.72 Å². The van der Waals surface area contributed by atoms with Crippen molar-refractivity contribution < 1.29 is 9.53 Å². The largest absolute Gasteiger partial charge is 0.485 e. The van der Waals surface area contributed by atoms with Crippen LogP contribution >= 0.6 is 12.4 Å². The van der Waals surface area contributed by atoms with E-state index < -0.39 is 0 Å². The average molecular weight is 499 g/mol. The van der Waals surface area contributed by atoms with Crippen LogP contribution in [-0.4, -0.2) is 26.8 Å². The smallest absolute Gasteiger partial charge is 0.269 e. The van der Waals surface area contributed by atoms with Gasteiger partial charge in [-0.3, -0.25) is 14.2 Å². The van der Waals surface area contributed by atoms with Crippen molar-refractivity contribution in [1.29, 1.82) is 0 Å². The second-order valence-corrected chi connectivity index (χ2v) is 8.26. The first kappa shape index (κ1) is 24.9. The molecule has 5 rings (SSSR count). The van der Waals surface area contributed by atoms with Crippen molar-refractivity contribution in [3.8, 4) is 28.1 Å². The molecule has 5 aromatic rings. The first-order valence-electron chi connectivity index (χ1n) is 11.6. The summed E-state index contributed by atoms with van der Waals surface area (Å²) in [5.41, 5.74) is 7.26. The second kappa shape index (κ2) is 11.1. The molecular weight excluding hydrogens is 472 g/mol. The third-order valence-electron chi connectivity index (χ3n) is 5.85. The van der Waals surface area contributed by atoms with E-state index in [0.717, 1.165) is 28.2 Å². The molecule has 2 aromatic carbocycles. The lowest BCUT2D eigenvalue weighted by Gasteiger charge is -2.09. The van der Waals surface area contributed by atoms with E-state index in [1.807, 2.05) is 60.8 Å². The van der Waals surface area contributed by atoms with Gasteiger partial charge < -0.3 is 10.1 Å². The van der Waals surface area contributed by atoms with E-state index in [-0.39, 0.29) is 18.3 Å². The molecule has 6 nitrogen and oxygen atoms in total. The van der Waals surface area contributed by atoms with Crippen molar-refractivity contribution in [1.82, 2.24) is 19.7 Å². The Morgan fingerprint density at radius 3 is 2.33 bits per heavy atom. The number of hydrogen-bond donors (Lipinski definition) is 1. The molecule has 0 aliphatic rings. The fourth-order valence-electron chi connectivity index (χ4n) is 4.12. The molecule has 0 spiro atoms. The molecule has 0 aliphatic heterocycles. The number of aromatic nitrogens is 3. The summed E-state index contributed by atoms with van der Waals surface area (Å²) in [7, 11) is 0. The number of pyridine rings is 2. The number of nitrogens with one attached hydrogen (secondary N) is 1. The average Bonchev–Trinajstić information content (AvgIpc) is 3.25. The minimum absolute atomic E-state index is 0. The number of carbonyl (C=O) groups is 1. The molecule has 0 fully saturated rings. The Morgan fingerprint density at radius 1 is 0.917 bits per heavy atom. The monoisotopic (exact) mass is 498 g/mol. The summed E-state index contributed by atoms with van der Waals surface area (Å²) in [5.74, 6) is 0.530. The van der Waals surface area contributed by atoms with Crippen molar-refractivity contribution in [2.75, 3.05) is 6.54 Å². The lowest BCUT2D eigenvalue weighted by atomic mass is 10.0. The molecule has 0 atom stereocenters. The fraction of sp³-hybridized carbons (Fsp3) is 0.138. The Hall–Kier alpha value is -4.16. The second-order valence-electron chi connectivity index (χ2n) is 8.26. The minimum atomic E-state index is -0.179. The molecule has 0 saturated heterocycles. The lowest BCUT2D eigenvalue weighted by Crippen LogP contribution is -2.23. The predicted octanol–water partition coefficient (Wildman–Crippen LogP) is 6.12. The molecule has 7 heteroatoms. The van der Waals surface area contributed by atoms with Crippen LogP contribution in [0.4, 0.5) is 0 Å². The van der Waals surface area contributed by atoms with Gasteiger partial charge in [0.25, 0.3) is 5.91 Å². The number of aryl methyl sites for hydroxylation is 1. The molecule has 3 aromatic heterocycles. The molecule has 0 aliphatic carbocycles. The van der Waals surface area contributed by atoms with Crippen molar-refractivity contribution in [2.24, 2.45) is 0 Å². The number of benzene rings is 2. The Kier molecular flexibility index (Phi) is 7.66. The molecule has 3 heterocycles. The van der Waals surface area contributed by atoms with Crippen LogP contribution in [0.15, 0.2) is 91.3 Å². The Labute approximate surface area is 216 Å². The third kappa shape index (κ3) is 5.09. The van der Waals surface area contributed by atoms with Crippen LogP contribution in [0.3, 0.4) is 0 Å². The molecule has 1 N–H and O–H groups in total. The molecule has 182 valence electrons. The number of halogens is 1. The quantitative estimate of drug-likeness (QED) is 0.293. The van der Waals surface area contributed by atoms with Gasteiger partial charge in [-0.2, -0.15) is 0 Å². The molecular formula is C29H27ClN4O2. The highest BCUT2D eigenvalue weighted by Gasteiger charge is 2.15. The third-order valence-corrected chi connectivity index (χ3v) is 5.85. The highest BCUT2D eigenvalue weighted by atomic mass is 35.5. The van der Waals surface area contributed by atoms with Gasteiger partial charge in [-0.05, 0) is 54.8 Å². The Balaban J connectivity index is 0.00000304. The number of ether oxygens (including phenoxy) is 1. The van der Waals surface area contributed by atoms with Crippen LogP contribution in [0.25, 0.3) is 28.0 Å². The van der Waals surface area contributed by atoms with Crippen molar-refractivity contribution in [2.45, 2.75) is 20.5 Å². The van der Waals surface area contributed by atoms with Gasteiger partial charge >= 0.3 is 0 Å². The number of imidazole rings is 1. The van der Waals surface area contributed by atoms with Crippen molar-refractivity contribution in [3.63, 3.8) is 0 Å². The van der Waals surface area contributed by atoms with Gasteiger partial charge in [0.05, 0.1) is 11.4 Å². The van der Waals surface area contributed by atoms with Gasteiger partial charge in [-0.25, -0.2) is 4.98 Å². The predicted molar refractivity (Wildman–Crippen MR) is 145 cm³/mol. The number of fused-ring (bicyclic) bond motifs is 1.